The molecule has 140 valence electrons. The Bertz CT molecular complexity index is 891. The smallest absolute Gasteiger partial charge is 0.348 e. The molecule has 0 unspecified atom stereocenters. The number of carbonyl (C=O) groups excluding carboxylic acids is 2. The minimum Gasteiger partial charge on any atom is -0.495 e. The van der Waals surface area contributed by atoms with Crippen LogP contribution in [0.25, 0.3) is 0 Å². The fraction of sp³-hybridized carbons (Fsp3) is 0.250. The molecule has 0 bridgehead atoms. The minimum absolute atomic E-state index is 0.0848. The summed E-state index contributed by atoms with van der Waals surface area (Å²) in [5.41, 5.74) is 0.239. The Balaban J connectivity index is 2.09. The number of hydrogen-bond donors (Lipinski definition) is 1. The Morgan fingerprint density at radius 3 is 2.54 bits per heavy atom. The molecule has 0 aliphatic carbocycles. The molecular formula is C16H18N2O6S2. The van der Waals surface area contributed by atoms with Crippen LogP contribution in [0.4, 0.5) is 5.69 Å². The van der Waals surface area contributed by atoms with Crippen LogP contribution in [0.5, 0.6) is 5.75 Å². The molecule has 2 aromatic rings. The van der Waals surface area contributed by atoms with Crippen molar-refractivity contribution in [2.45, 2.75) is 4.90 Å². The van der Waals surface area contributed by atoms with E-state index < -0.39 is 28.5 Å². The normalized spacial score (nSPS) is 11.2. The molecule has 0 atom stereocenters. The van der Waals surface area contributed by atoms with Crippen molar-refractivity contribution in [1.29, 1.82) is 0 Å². The summed E-state index contributed by atoms with van der Waals surface area (Å²) < 4.78 is 35.7. The summed E-state index contributed by atoms with van der Waals surface area (Å²) in [6, 6.07) is 7.50. The Labute approximate surface area is 155 Å². The van der Waals surface area contributed by atoms with E-state index in [-0.39, 0.29) is 16.3 Å². The number of nitrogens with one attached hydrogen (secondary N) is 1. The van der Waals surface area contributed by atoms with Crippen molar-refractivity contribution in [3.63, 3.8) is 0 Å². The van der Waals surface area contributed by atoms with E-state index in [1.165, 1.54) is 50.7 Å². The lowest BCUT2D eigenvalue weighted by molar-refractivity contribution is -0.119. The van der Waals surface area contributed by atoms with Gasteiger partial charge in [-0.2, -0.15) is 0 Å². The monoisotopic (exact) mass is 398 g/mol. The summed E-state index contributed by atoms with van der Waals surface area (Å²) in [7, 11) is 0.379. The molecule has 2 rings (SSSR count). The zero-order valence-electron chi connectivity index (χ0n) is 14.4. The molecule has 1 aromatic carbocycles. The Morgan fingerprint density at radius 1 is 1.23 bits per heavy atom. The van der Waals surface area contributed by atoms with Gasteiger partial charge in [-0.15, -0.1) is 11.3 Å². The third-order valence-electron chi connectivity index (χ3n) is 3.26. The average Bonchev–Trinajstić information content (AvgIpc) is 3.14. The van der Waals surface area contributed by atoms with Gasteiger partial charge in [0, 0.05) is 19.8 Å². The van der Waals surface area contributed by atoms with Gasteiger partial charge in [0.25, 0.3) is 5.91 Å². The number of rotatable bonds is 7. The maximum Gasteiger partial charge on any atom is 0.348 e. The number of hydrogen-bond acceptors (Lipinski definition) is 7. The maximum atomic E-state index is 12.4. The van der Waals surface area contributed by atoms with Gasteiger partial charge in [-0.25, -0.2) is 17.5 Å². The number of thiophene rings is 1. The summed E-state index contributed by atoms with van der Waals surface area (Å²) in [6.45, 7) is -0.488. The first-order chi connectivity index (χ1) is 12.3. The molecule has 1 amide bonds. The number of nitrogens with zero attached hydrogens (tertiary/aromatic N) is 1. The van der Waals surface area contributed by atoms with Crippen LogP contribution in [0.3, 0.4) is 0 Å². The minimum atomic E-state index is -3.76. The van der Waals surface area contributed by atoms with Crippen LogP contribution in [-0.4, -0.2) is 52.4 Å². The largest absolute Gasteiger partial charge is 0.495 e. The summed E-state index contributed by atoms with van der Waals surface area (Å²) in [4.78, 5) is 24.0. The first-order valence-electron chi connectivity index (χ1n) is 7.36. The van der Waals surface area contributed by atoms with Gasteiger partial charge in [-0.05, 0) is 29.6 Å². The van der Waals surface area contributed by atoms with Crippen LogP contribution >= 0.6 is 11.3 Å². The van der Waals surface area contributed by atoms with Crippen LogP contribution < -0.4 is 10.1 Å². The van der Waals surface area contributed by atoms with Gasteiger partial charge in [0.2, 0.25) is 10.0 Å². The molecule has 0 fully saturated rings. The zero-order valence-corrected chi connectivity index (χ0v) is 16.0. The van der Waals surface area contributed by atoms with Gasteiger partial charge in [0.1, 0.15) is 15.5 Å². The number of esters is 1. The summed E-state index contributed by atoms with van der Waals surface area (Å²) in [5, 5.41) is 4.22. The molecule has 26 heavy (non-hydrogen) atoms. The highest BCUT2D eigenvalue weighted by molar-refractivity contribution is 7.89. The quantitative estimate of drug-likeness (QED) is 0.714. The first kappa shape index (κ1) is 19.9. The molecule has 8 nitrogen and oxygen atoms in total. The molecule has 1 heterocycles. The van der Waals surface area contributed by atoms with Crippen LogP contribution in [0.2, 0.25) is 0 Å². The lowest BCUT2D eigenvalue weighted by Gasteiger charge is -2.16. The number of methoxy groups -OCH3 is 1. The third kappa shape index (κ3) is 4.59. The SMILES string of the molecule is COc1ccc(NC(=O)COC(=O)c2cccs2)cc1S(=O)(=O)N(C)C. The number of amides is 1. The van der Waals surface area contributed by atoms with Gasteiger partial charge >= 0.3 is 5.97 Å². The fourth-order valence-corrected chi connectivity index (χ4v) is 3.64. The number of ether oxygens (including phenoxy) is 2. The Morgan fingerprint density at radius 2 is 1.96 bits per heavy atom. The highest BCUT2D eigenvalue weighted by Gasteiger charge is 2.23. The third-order valence-corrected chi connectivity index (χ3v) is 5.95. The van der Waals surface area contributed by atoms with Gasteiger partial charge in [0.05, 0.1) is 7.11 Å². The van der Waals surface area contributed by atoms with Gasteiger partial charge in [-0.3, -0.25) is 4.79 Å². The van der Waals surface area contributed by atoms with E-state index in [4.69, 9.17) is 9.47 Å². The maximum absolute atomic E-state index is 12.4. The number of carbonyl (C=O) groups is 2. The van der Waals surface area contributed by atoms with Crippen LogP contribution in [0.15, 0.2) is 40.6 Å². The van der Waals surface area contributed by atoms with Crippen molar-refractivity contribution < 1.29 is 27.5 Å². The van der Waals surface area contributed by atoms with Crippen LogP contribution in [-0.2, 0) is 19.6 Å². The van der Waals surface area contributed by atoms with Crippen molar-refractivity contribution in [3.8, 4) is 5.75 Å². The van der Waals surface area contributed by atoms with Gasteiger partial charge in [-0.1, -0.05) is 6.07 Å². The first-order valence-corrected chi connectivity index (χ1v) is 9.68. The van der Waals surface area contributed by atoms with E-state index >= 15 is 0 Å². The summed E-state index contributed by atoms with van der Waals surface area (Å²) in [6.07, 6.45) is 0. The molecule has 1 N–H and O–H groups in total. The highest BCUT2D eigenvalue weighted by atomic mass is 32.2. The van der Waals surface area contributed by atoms with Gasteiger partial charge < -0.3 is 14.8 Å². The average molecular weight is 398 g/mol. The second kappa shape index (κ2) is 8.30. The fourth-order valence-electron chi connectivity index (χ4n) is 1.95. The molecular weight excluding hydrogens is 380 g/mol. The van der Waals surface area contributed by atoms with Crippen LogP contribution in [0.1, 0.15) is 9.67 Å². The van der Waals surface area contributed by atoms with Crippen molar-refractivity contribution in [1.82, 2.24) is 4.31 Å². The van der Waals surface area contributed by atoms with Crippen molar-refractivity contribution in [2.24, 2.45) is 0 Å². The number of sulfonamides is 1. The van der Waals surface area contributed by atoms with Gasteiger partial charge in [0.15, 0.2) is 6.61 Å². The number of benzene rings is 1. The predicted octanol–water partition coefficient (Wildman–Crippen LogP) is 1.80. The molecule has 0 radical (unpaired) electrons. The second-order valence-electron chi connectivity index (χ2n) is 5.25. The topological polar surface area (TPSA) is 102 Å². The standard InChI is InChI=1S/C16H18N2O6S2/c1-18(2)26(21,22)14-9-11(6-7-12(14)23-3)17-15(19)10-24-16(20)13-5-4-8-25-13/h4-9H,10H2,1-3H3,(H,17,19). The highest BCUT2D eigenvalue weighted by Crippen LogP contribution is 2.28. The zero-order chi connectivity index (χ0) is 19.3. The van der Waals surface area contributed by atoms with E-state index in [1.807, 2.05) is 0 Å². The molecule has 0 saturated heterocycles. The molecule has 10 heteroatoms. The van der Waals surface area contributed by atoms with Crippen LogP contribution in [0, 0.1) is 0 Å². The lowest BCUT2D eigenvalue weighted by atomic mass is 10.3. The van der Waals surface area contributed by atoms with Crippen molar-refractivity contribution >= 4 is 38.9 Å². The van der Waals surface area contributed by atoms with E-state index in [0.717, 1.165) is 4.31 Å². The van der Waals surface area contributed by atoms with Crippen molar-refractivity contribution in [2.75, 3.05) is 33.1 Å². The lowest BCUT2D eigenvalue weighted by Crippen LogP contribution is -2.24. The Kier molecular flexibility index (Phi) is 6.35. The second-order valence-corrected chi connectivity index (χ2v) is 8.32. The van der Waals surface area contributed by atoms with E-state index in [2.05, 4.69) is 5.32 Å². The Hall–Kier alpha value is -2.43. The molecule has 0 saturated carbocycles. The predicted molar refractivity (Wildman–Crippen MR) is 97.1 cm³/mol. The van der Waals surface area contributed by atoms with E-state index in [9.17, 15) is 18.0 Å². The molecule has 1 aromatic heterocycles. The molecule has 0 aliphatic heterocycles. The molecule has 0 spiro atoms. The molecule has 0 aliphatic rings. The van der Waals surface area contributed by atoms with Crippen molar-refractivity contribution in [3.05, 3.63) is 40.6 Å². The summed E-state index contributed by atoms with van der Waals surface area (Å²) in [5.74, 6) is -1.03. The van der Waals surface area contributed by atoms with E-state index in [1.54, 1.807) is 17.5 Å². The van der Waals surface area contributed by atoms with E-state index in [0.29, 0.717) is 4.88 Å². The number of anilines is 1. The summed E-state index contributed by atoms with van der Waals surface area (Å²) >= 11 is 1.21.